The zero-order valence-electron chi connectivity index (χ0n) is 11.6. The minimum absolute atomic E-state index is 0.0311. The molecule has 0 atom stereocenters. The van der Waals surface area contributed by atoms with E-state index in [0.29, 0.717) is 23.2 Å². The SMILES string of the molecule is CCSC(=NC)Nc1ncc(C(F)(F)F)cc1C(=O)OC. The van der Waals surface area contributed by atoms with Gasteiger partial charge >= 0.3 is 12.1 Å². The minimum Gasteiger partial charge on any atom is -0.465 e. The van der Waals surface area contributed by atoms with E-state index in [1.165, 1.54) is 18.8 Å². The molecule has 0 amide bonds. The van der Waals surface area contributed by atoms with Crippen molar-refractivity contribution in [2.24, 2.45) is 4.99 Å². The maximum Gasteiger partial charge on any atom is 0.417 e. The topological polar surface area (TPSA) is 63.6 Å². The van der Waals surface area contributed by atoms with E-state index in [2.05, 4.69) is 20.0 Å². The van der Waals surface area contributed by atoms with Gasteiger partial charge in [0.15, 0.2) is 5.17 Å². The standard InChI is InChI=1S/C12H14F3N3O2S/c1-4-21-11(16-2)18-9-8(10(19)20-3)5-7(6-17-9)12(13,14)15/h5-6H,4H2,1-3H3,(H,16,17,18). The molecule has 1 heterocycles. The first kappa shape index (κ1) is 17.3. The molecule has 0 aliphatic heterocycles. The first-order chi connectivity index (χ1) is 9.83. The van der Waals surface area contributed by atoms with Gasteiger partial charge in [0.25, 0.3) is 0 Å². The maximum absolute atomic E-state index is 12.7. The Hall–Kier alpha value is -1.77. The lowest BCUT2D eigenvalue weighted by atomic mass is 10.2. The Morgan fingerprint density at radius 3 is 2.67 bits per heavy atom. The van der Waals surface area contributed by atoms with Gasteiger partial charge in [-0.05, 0) is 11.8 Å². The molecular weight excluding hydrogens is 307 g/mol. The number of pyridine rings is 1. The number of nitrogens with one attached hydrogen (secondary N) is 1. The predicted molar refractivity (Wildman–Crippen MR) is 75.7 cm³/mol. The number of hydrogen-bond acceptors (Lipinski definition) is 5. The predicted octanol–water partition coefficient (Wildman–Crippen LogP) is 3.04. The summed E-state index contributed by atoms with van der Waals surface area (Å²) in [5.41, 5.74) is -1.32. The van der Waals surface area contributed by atoms with Crippen LogP contribution in [0.15, 0.2) is 17.3 Å². The molecule has 1 N–H and O–H groups in total. The quantitative estimate of drug-likeness (QED) is 0.527. The number of amidine groups is 1. The van der Waals surface area contributed by atoms with Crippen LogP contribution in [-0.4, -0.2) is 36.0 Å². The third-order valence-electron chi connectivity index (χ3n) is 2.33. The number of alkyl halides is 3. The number of thioether (sulfide) groups is 1. The highest BCUT2D eigenvalue weighted by molar-refractivity contribution is 8.14. The van der Waals surface area contributed by atoms with Crippen LogP contribution < -0.4 is 5.32 Å². The lowest BCUT2D eigenvalue weighted by molar-refractivity contribution is -0.137. The van der Waals surface area contributed by atoms with Gasteiger partial charge in [-0.3, -0.25) is 4.99 Å². The number of anilines is 1. The molecule has 5 nitrogen and oxygen atoms in total. The van der Waals surface area contributed by atoms with Gasteiger partial charge in [-0.15, -0.1) is 0 Å². The molecule has 1 aromatic rings. The van der Waals surface area contributed by atoms with Crippen molar-refractivity contribution < 1.29 is 22.7 Å². The van der Waals surface area contributed by atoms with E-state index in [9.17, 15) is 18.0 Å². The zero-order valence-corrected chi connectivity index (χ0v) is 12.4. The molecular formula is C12H14F3N3O2S. The summed E-state index contributed by atoms with van der Waals surface area (Å²) in [7, 11) is 2.61. The van der Waals surface area contributed by atoms with Crippen LogP contribution in [0.3, 0.4) is 0 Å². The summed E-state index contributed by atoms with van der Waals surface area (Å²) in [5, 5.41) is 3.17. The number of aliphatic imine (C=N–C) groups is 1. The first-order valence-electron chi connectivity index (χ1n) is 5.85. The van der Waals surface area contributed by atoms with Crippen LogP contribution >= 0.6 is 11.8 Å². The normalized spacial score (nSPS) is 12.2. The van der Waals surface area contributed by atoms with Gasteiger partial charge in [-0.25, -0.2) is 9.78 Å². The van der Waals surface area contributed by atoms with Crippen molar-refractivity contribution in [2.75, 3.05) is 25.2 Å². The smallest absolute Gasteiger partial charge is 0.417 e. The summed E-state index contributed by atoms with van der Waals surface area (Å²) in [6, 6.07) is 0.699. The summed E-state index contributed by atoms with van der Waals surface area (Å²) in [6.07, 6.45) is -3.94. The lowest BCUT2D eigenvalue weighted by Gasteiger charge is -2.13. The summed E-state index contributed by atoms with van der Waals surface area (Å²) in [6.45, 7) is 1.89. The van der Waals surface area contributed by atoms with Gasteiger partial charge in [0.05, 0.1) is 12.7 Å². The fourth-order valence-corrected chi connectivity index (χ4v) is 1.95. The van der Waals surface area contributed by atoms with E-state index in [0.717, 1.165) is 7.11 Å². The molecule has 0 spiro atoms. The molecule has 9 heteroatoms. The zero-order chi connectivity index (χ0) is 16.0. The van der Waals surface area contributed by atoms with Gasteiger partial charge in [0.2, 0.25) is 0 Å². The fourth-order valence-electron chi connectivity index (χ4n) is 1.38. The highest BCUT2D eigenvalue weighted by Crippen LogP contribution is 2.31. The van der Waals surface area contributed by atoms with Crippen molar-refractivity contribution in [2.45, 2.75) is 13.1 Å². The Morgan fingerprint density at radius 1 is 1.52 bits per heavy atom. The van der Waals surface area contributed by atoms with Gasteiger partial charge < -0.3 is 10.1 Å². The van der Waals surface area contributed by atoms with Crippen LogP contribution in [0, 0.1) is 0 Å². The third kappa shape index (κ3) is 4.62. The first-order valence-corrected chi connectivity index (χ1v) is 6.84. The van der Waals surface area contributed by atoms with Gasteiger partial charge in [-0.1, -0.05) is 18.7 Å². The van der Waals surface area contributed by atoms with Crippen molar-refractivity contribution in [3.8, 4) is 0 Å². The maximum atomic E-state index is 12.7. The summed E-state index contributed by atoms with van der Waals surface area (Å²) >= 11 is 1.33. The molecule has 116 valence electrons. The Kier molecular flexibility index (Phi) is 6.01. The number of nitrogens with zero attached hydrogens (tertiary/aromatic N) is 2. The van der Waals surface area contributed by atoms with Crippen LogP contribution in [0.2, 0.25) is 0 Å². The number of methoxy groups -OCH3 is 1. The molecule has 0 radical (unpaired) electrons. The van der Waals surface area contributed by atoms with Gasteiger partial charge in [0, 0.05) is 13.2 Å². The second kappa shape index (κ2) is 7.30. The highest BCUT2D eigenvalue weighted by Gasteiger charge is 2.32. The average Bonchev–Trinajstić information content (AvgIpc) is 2.45. The van der Waals surface area contributed by atoms with E-state index < -0.39 is 17.7 Å². The van der Waals surface area contributed by atoms with Crippen molar-refractivity contribution in [3.05, 3.63) is 23.4 Å². The van der Waals surface area contributed by atoms with Crippen LogP contribution in [0.5, 0.6) is 0 Å². The molecule has 0 saturated carbocycles. The average molecular weight is 321 g/mol. The van der Waals surface area contributed by atoms with Crippen molar-refractivity contribution >= 4 is 28.7 Å². The Bertz CT molecular complexity index is 547. The Balaban J connectivity index is 3.22. The number of hydrogen-bond donors (Lipinski definition) is 1. The number of rotatable bonds is 3. The second-order valence-electron chi connectivity index (χ2n) is 3.70. The highest BCUT2D eigenvalue weighted by atomic mass is 32.2. The molecule has 0 fully saturated rings. The lowest BCUT2D eigenvalue weighted by Crippen LogP contribution is -2.16. The second-order valence-corrected chi connectivity index (χ2v) is 4.95. The number of carbonyl (C=O) groups is 1. The molecule has 0 unspecified atom stereocenters. The monoisotopic (exact) mass is 321 g/mol. The number of carbonyl (C=O) groups excluding carboxylic acids is 1. The van der Waals surface area contributed by atoms with Crippen molar-refractivity contribution in [1.82, 2.24) is 4.98 Å². The molecule has 0 aliphatic carbocycles. The number of aromatic nitrogens is 1. The van der Waals surface area contributed by atoms with E-state index in [4.69, 9.17) is 0 Å². The largest absolute Gasteiger partial charge is 0.465 e. The Morgan fingerprint density at radius 2 is 2.19 bits per heavy atom. The molecule has 1 rings (SSSR count). The molecule has 0 aliphatic rings. The summed E-state index contributed by atoms with van der Waals surface area (Å²) < 4.78 is 42.5. The summed E-state index contributed by atoms with van der Waals surface area (Å²) in [4.78, 5) is 19.2. The van der Waals surface area contributed by atoms with E-state index >= 15 is 0 Å². The number of ether oxygens (including phenoxy) is 1. The van der Waals surface area contributed by atoms with E-state index in [-0.39, 0.29) is 11.4 Å². The van der Waals surface area contributed by atoms with Gasteiger partial charge in [0.1, 0.15) is 11.4 Å². The third-order valence-corrected chi connectivity index (χ3v) is 3.18. The molecule has 0 bridgehead atoms. The van der Waals surface area contributed by atoms with Crippen LogP contribution in [0.1, 0.15) is 22.8 Å². The number of esters is 1. The fraction of sp³-hybridized carbons (Fsp3) is 0.417. The van der Waals surface area contributed by atoms with Crippen molar-refractivity contribution in [1.29, 1.82) is 0 Å². The minimum atomic E-state index is -4.59. The van der Waals surface area contributed by atoms with E-state index in [1.54, 1.807) is 0 Å². The Labute approximate surface area is 124 Å². The van der Waals surface area contributed by atoms with Crippen LogP contribution in [-0.2, 0) is 10.9 Å². The van der Waals surface area contributed by atoms with E-state index in [1.807, 2.05) is 6.92 Å². The molecule has 0 aromatic carbocycles. The molecule has 21 heavy (non-hydrogen) atoms. The van der Waals surface area contributed by atoms with Crippen LogP contribution in [0.4, 0.5) is 19.0 Å². The molecule has 0 saturated heterocycles. The van der Waals surface area contributed by atoms with Crippen molar-refractivity contribution in [3.63, 3.8) is 0 Å². The number of halogens is 3. The van der Waals surface area contributed by atoms with Gasteiger partial charge in [-0.2, -0.15) is 13.2 Å². The molecule has 1 aromatic heterocycles. The summed E-state index contributed by atoms with van der Waals surface area (Å²) in [5.74, 6) is -0.238. The van der Waals surface area contributed by atoms with Crippen LogP contribution in [0.25, 0.3) is 0 Å².